The summed E-state index contributed by atoms with van der Waals surface area (Å²) in [7, 11) is -1.87. The quantitative estimate of drug-likeness (QED) is 0.620. The van der Waals surface area contributed by atoms with Crippen LogP contribution in [-0.2, 0) is 14.8 Å². The molecule has 0 fully saturated rings. The monoisotopic (exact) mass is 312 g/mol. The number of thioether (sulfide) groups is 1. The van der Waals surface area contributed by atoms with Gasteiger partial charge < -0.3 is 10.0 Å². The molecular weight excluding hydrogens is 288 g/mol. The number of carbonyl (C=O) groups excluding carboxylic acids is 1. The van der Waals surface area contributed by atoms with E-state index in [0.717, 1.165) is 0 Å². The van der Waals surface area contributed by atoms with Crippen molar-refractivity contribution >= 4 is 27.7 Å². The molecule has 0 bridgehead atoms. The predicted molar refractivity (Wildman–Crippen MR) is 78.7 cm³/mol. The summed E-state index contributed by atoms with van der Waals surface area (Å²) in [6.45, 7) is 3.29. The van der Waals surface area contributed by atoms with Crippen molar-refractivity contribution in [3.63, 3.8) is 0 Å². The molecule has 2 unspecified atom stereocenters. The summed E-state index contributed by atoms with van der Waals surface area (Å²) < 4.78 is 25.6. The number of nitrogens with zero attached hydrogens (tertiary/aromatic N) is 1. The second-order valence-electron chi connectivity index (χ2n) is 4.42. The Morgan fingerprint density at radius 3 is 2.47 bits per heavy atom. The van der Waals surface area contributed by atoms with Gasteiger partial charge in [0.25, 0.3) is 0 Å². The molecule has 6 nitrogen and oxygen atoms in total. The third kappa shape index (κ3) is 7.76. The third-order valence-corrected chi connectivity index (χ3v) is 4.57. The summed E-state index contributed by atoms with van der Waals surface area (Å²) in [6, 6.07) is -0.763. The summed E-state index contributed by atoms with van der Waals surface area (Å²) >= 11 is 1.55. The minimum Gasteiger partial charge on any atom is -0.392 e. The van der Waals surface area contributed by atoms with Crippen molar-refractivity contribution in [1.29, 1.82) is 0 Å². The van der Waals surface area contributed by atoms with Gasteiger partial charge in [0, 0.05) is 13.6 Å². The Hall–Kier alpha value is -0.310. The average Bonchev–Trinajstić information content (AvgIpc) is 2.32. The van der Waals surface area contributed by atoms with E-state index in [9.17, 15) is 18.3 Å². The van der Waals surface area contributed by atoms with E-state index < -0.39 is 22.2 Å². The normalized spacial score (nSPS) is 15.0. The zero-order valence-electron chi connectivity index (χ0n) is 11.9. The van der Waals surface area contributed by atoms with Crippen LogP contribution in [0.15, 0.2) is 0 Å². The van der Waals surface area contributed by atoms with Gasteiger partial charge >= 0.3 is 0 Å². The van der Waals surface area contributed by atoms with Crippen molar-refractivity contribution in [3.05, 3.63) is 0 Å². The fourth-order valence-electron chi connectivity index (χ4n) is 1.52. The molecule has 2 N–H and O–H groups in total. The molecule has 0 aromatic rings. The predicted octanol–water partition coefficient (Wildman–Crippen LogP) is -0.113. The number of hydrogen-bond donors (Lipinski definition) is 2. The van der Waals surface area contributed by atoms with Crippen molar-refractivity contribution in [2.45, 2.75) is 32.4 Å². The number of amides is 1. The molecule has 0 aromatic heterocycles. The van der Waals surface area contributed by atoms with E-state index in [4.69, 9.17) is 0 Å². The zero-order valence-corrected chi connectivity index (χ0v) is 13.6. The van der Waals surface area contributed by atoms with Gasteiger partial charge in [0.2, 0.25) is 15.9 Å². The second kappa shape index (κ2) is 8.78. The van der Waals surface area contributed by atoms with Gasteiger partial charge in [-0.3, -0.25) is 4.79 Å². The number of sulfonamides is 1. The van der Waals surface area contributed by atoms with Crippen LogP contribution in [0.5, 0.6) is 0 Å². The molecule has 0 aliphatic heterocycles. The highest BCUT2D eigenvalue weighted by Gasteiger charge is 2.26. The molecule has 0 aliphatic carbocycles. The lowest BCUT2D eigenvalue weighted by Crippen LogP contribution is -2.49. The van der Waals surface area contributed by atoms with Crippen molar-refractivity contribution in [2.24, 2.45) is 0 Å². The van der Waals surface area contributed by atoms with Crippen molar-refractivity contribution < 1.29 is 18.3 Å². The Morgan fingerprint density at radius 2 is 2.05 bits per heavy atom. The molecule has 0 rings (SSSR count). The number of carbonyl (C=O) groups is 1. The van der Waals surface area contributed by atoms with Gasteiger partial charge in [0.05, 0.1) is 11.9 Å². The molecular formula is C11H24N2O4S2. The van der Waals surface area contributed by atoms with Crippen molar-refractivity contribution in [2.75, 3.05) is 31.4 Å². The summed E-state index contributed by atoms with van der Waals surface area (Å²) in [6.07, 6.45) is 1.69. The van der Waals surface area contributed by atoms with Crippen LogP contribution in [0.3, 0.4) is 0 Å². The van der Waals surface area contributed by atoms with Crippen LogP contribution in [-0.4, -0.2) is 67.8 Å². The van der Waals surface area contributed by atoms with Crippen LogP contribution in [0, 0.1) is 0 Å². The topological polar surface area (TPSA) is 86.7 Å². The maximum Gasteiger partial charge on any atom is 0.240 e. The highest BCUT2D eigenvalue weighted by Crippen LogP contribution is 2.06. The van der Waals surface area contributed by atoms with Crippen molar-refractivity contribution in [1.82, 2.24) is 9.62 Å². The van der Waals surface area contributed by atoms with Gasteiger partial charge in [-0.1, -0.05) is 0 Å². The lowest BCUT2D eigenvalue weighted by Gasteiger charge is -2.25. The van der Waals surface area contributed by atoms with Crippen LogP contribution in [0.2, 0.25) is 0 Å². The van der Waals surface area contributed by atoms with E-state index in [1.54, 1.807) is 25.7 Å². The number of hydrogen-bond acceptors (Lipinski definition) is 5. The van der Waals surface area contributed by atoms with Crippen LogP contribution < -0.4 is 4.72 Å². The number of likely N-dealkylation sites (N-methyl/N-ethyl adjacent to an activating group) is 1. The molecule has 1 amide bonds. The Kier molecular flexibility index (Phi) is 8.64. The van der Waals surface area contributed by atoms with E-state index in [1.165, 1.54) is 11.8 Å². The Labute approximate surface area is 120 Å². The molecule has 114 valence electrons. The Morgan fingerprint density at radius 1 is 1.47 bits per heavy atom. The van der Waals surface area contributed by atoms with E-state index in [0.29, 0.717) is 12.2 Å². The Bertz CT molecular complexity index is 371. The van der Waals surface area contributed by atoms with Gasteiger partial charge in [-0.05, 0) is 32.3 Å². The van der Waals surface area contributed by atoms with Crippen LogP contribution >= 0.6 is 11.8 Å². The minimum absolute atomic E-state index is 0.0594. The molecule has 0 saturated carbocycles. The maximum atomic E-state index is 12.2. The summed E-state index contributed by atoms with van der Waals surface area (Å²) in [4.78, 5) is 13.5. The van der Waals surface area contributed by atoms with Crippen molar-refractivity contribution in [3.8, 4) is 0 Å². The number of nitrogens with one attached hydrogen (secondary N) is 1. The standard InChI is InChI=1S/C11H24N2O4S2/c1-5-19(16,17)12-10(6-7-18-4)11(15)13(3)8-9(2)14/h9-10,12,14H,5-8H2,1-4H3. The van der Waals surface area contributed by atoms with Gasteiger partial charge in [-0.25, -0.2) is 13.1 Å². The number of aliphatic hydroxyl groups is 1. The van der Waals surface area contributed by atoms with Gasteiger partial charge in [0.15, 0.2) is 0 Å². The first-order valence-corrected chi connectivity index (χ1v) is 9.20. The smallest absolute Gasteiger partial charge is 0.240 e. The Balaban J connectivity index is 4.78. The van der Waals surface area contributed by atoms with E-state index in [2.05, 4.69) is 4.72 Å². The molecule has 0 aromatic carbocycles. The number of rotatable bonds is 9. The van der Waals surface area contributed by atoms with Gasteiger partial charge in [-0.15, -0.1) is 0 Å². The highest BCUT2D eigenvalue weighted by molar-refractivity contribution is 7.98. The third-order valence-electron chi connectivity index (χ3n) is 2.52. The second-order valence-corrected chi connectivity index (χ2v) is 7.45. The van der Waals surface area contributed by atoms with E-state index >= 15 is 0 Å². The first kappa shape index (κ1) is 18.7. The molecule has 0 heterocycles. The molecule has 0 saturated heterocycles. The highest BCUT2D eigenvalue weighted by atomic mass is 32.2. The summed E-state index contributed by atoms with van der Waals surface area (Å²) in [5, 5.41) is 9.27. The molecule has 2 atom stereocenters. The summed E-state index contributed by atoms with van der Waals surface area (Å²) in [5.41, 5.74) is 0. The zero-order chi connectivity index (χ0) is 15.1. The molecule has 19 heavy (non-hydrogen) atoms. The minimum atomic E-state index is -3.43. The number of aliphatic hydroxyl groups excluding tert-OH is 1. The molecule has 0 radical (unpaired) electrons. The average molecular weight is 312 g/mol. The van der Waals surface area contributed by atoms with E-state index in [1.807, 2.05) is 6.26 Å². The molecule has 8 heteroatoms. The van der Waals surface area contributed by atoms with Gasteiger partial charge in [0.1, 0.15) is 6.04 Å². The van der Waals surface area contributed by atoms with Crippen LogP contribution in [0.4, 0.5) is 0 Å². The van der Waals surface area contributed by atoms with E-state index in [-0.39, 0.29) is 18.2 Å². The largest absolute Gasteiger partial charge is 0.392 e. The van der Waals surface area contributed by atoms with Gasteiger partial charge in [-0.2, -0.15) is 11.8 Å². The lowest BCUT2D eigenvalue weighted by molar-refractivity contribution is -0.132. The SMILES string of the molecule is CCS(=O)(=O)NC(CCSC)C(=O)N(C)CC(C)O. The fraction of sp³-hybridized carbons (Fsp3) is 0.909. The summed E-state index contributed by atoms with van der Waals surface area (Å²) in [5.74, 6) is 0.313. The fourth-order valence-corrected chi connectivity index (χ4v) is 2.81. The molecule has 0 spiro atoms. The lowest BCUT2D eigenvalue weighted by atomic mass is 10.2. The first-order valence-electron chi connectivity index (χ1n) is 6.15. The first-order chi connectivity index (χ1) is 8.73. The maximum absolute atomic E-state index is 12.2. The molecule has 0 aliphatic rings. The van der Waals surface area contributed by atoms with Crippen LogP contribution in [0.25, 0.3) is 0 Å². The van der Waals surface area contributed by atoms with Crippen LogP contribution in [0.1, 0.15) is 20.3 Å².